The van der Waals surface area contributed by atoms with E-state index in [4.69, 9.17) is 4.55 Å². The zero-order valence-electron chi connectivity index (χ0n) is 23.1. The number of rotatable bonds is 7. The average molecular weight is 617 g/mol. The van der Waals surface area contributed by atoms with Crippen molar-refractivity contribution in [3.63, 3.8) is 0 Å². The molecule has 0 aromatic rings. The van der Waals surface area contributed by atoms with Gasteiger partial charge < -0.3 is 9.84 Å². The number of ether oxygens (including phenoxy) is 1. The number of carbonyl (C=O) groups excluding carboxylic acids is 3. The molecule has 234 valence electrons. The van der Waals surface area contributed by atoms with Crippen molar-refractivity contribution in [3.8, 4) is 0 Å². The molecule has 2 N–H and O–H groups in total. The molecule has 0 aliphatic heterocycles. The van der Waals surface area contributed by atoms with E-state index < -0.39 is 57.5 Å². The Morgan fingerprint density at radius 3 is 2.32 bits per heavy atom. The van der Waals surface area contributed by atoms with Gasteiger partial charge in [0.15, 0.2) is 0 Å². The number of aliphatic hydroxyl groups excluding tert-OH is 1. The third-order valence-electron chi connectivity index (χ3n) is 11.1. The standard InChI is InChI=1S/C27H37F5O8S/c1-13(4-7-21(36)40-23(26(28,29)30)27(31,32)41(37,38)39)16-5-6-17-22-18(12-20(35)25(16,17)3)24(2)9-8-15(33)10-14(24)11-19(22)34/h13-14,16-19,22-23,34H,4-12H2,1-3H3,(H,37,38,39)/t13?,14-,16+,17-,18-,19+,22-,23?,24-,25+/m0/s1. The lowest BCUT2D eigenvalue weighted by atomic mass is 9.43. The van der Waals surface area contributed by atoms with Gasteiger partial charge in [-0.2, -0.15) is 30.4 Å². The molecule has 0 bridgehead atoms. The van der Waals surface area contributed by atoms with E-state index in [0.29, 0.717) is 38.5 Å². The summed E-state index contributed by atoms with van der Waals surface area (Å²) in [7, 11) is -6.54. The molecule has 4 aliphatic rings. The fraction of sp³-hybridized carbons (Fsp3) is 0.889. The first-order chi connectivity index (χ1) is 18.7. The molecule has 4 fully saturated rings. The van der Waals surface area contributed by atoms with E-state index in [9.17, 15) is 49.9 Å². The lowest BCUT2D eigenvalue weighted by Gasteiger charge is -2.61. The second-order valence-corrected chi connectivity index (χ2v) is 14.6. The normalized spacial score (nSPS) is 39.4. The molecule has 41 heavy (non-hydrogen) atoms. The molecule has 0 saturated heterocycles. The Bertz CT molecular complexity index is 1190. The van der Waals surface area contributed by atoms with Gasteiger partial charge in [-0.05, 0) is 73.0 Å². The minimum absolute atomic E-state index is 0.00742. The molecule has 0 radical (unpaired) electrons. The third-order valence-corrected chi connectivity index (χ3v) is 12.0. The maximum Gasteiger partial charge on any atom is 0.432 e. The molecule has 4 saturated carbocycles. The van der Waals surface area contributed by atoms with Crippen LogP contribution in [0.1, 0.15) is 78.6 Å². The Balaban J connectivity index is 1.47. The summed E-state index contributed by atoms with van der Waals surface area (Å²) in [4.78, 5) is 38.2. The van der Waals surface area contributed by atoms with Gasteiger partial charge in [0.05, 0.1) is 6.10 Å². The second kappa shape index (κ2) is 10.5. The Labute approximate surface area is 235 Å². The van der Waals surface area contributed by atoms with Crippen molar-refractivity contribution in [2.45, 2.75) is 102 Å². The first kappa shape index (κ1) is 32.2. The maximum atomic E-state index is 13.8. The molecule has 4 rings (SSSR count). The van der Waals surface area contributed by atoms with E-state index in [2.05, 4.69) is 11.7 Å². The van der Waals surface area contributed by atoms with Crippen molar-refractivity contribution >= 4 is 27.7 Å². The summed E-state index contributed by atoms with van der Waals surface area (Å²) in [5.41, 5.74) is -1.12. The van der Waals surface area contributed by atoms with Crippen LogP contribution in [-0.4, -0.2) is 59.3 Å². The van der Waals surface area contributed by atoms with Crippen molar-refractivity contribution in [2.75, 3.05) is 0 Å². The van der Waals surface area contributed by atoms with Gasteiger partial charge in [0.2, 0.25) is 0 Å². The number of esters is 1. The van der Waals surface area contributed by atoms with Crippen LogP contribution in [-0.2, 0) is 29.2 Å². The summed E-state index contributed by atoms with van der Waals surface area (Å²) in [6.07, 6.45) is -8.50. The van der Waals surface area contributed by atoms with E-state index in [1.54, 1.807) is 6.92 Å². The van der Waals surface area contributed by atoms with E-state index in [1.165, 1.54) is 0 Å². The lowest BCUT2D eigenvalue weighted by molar-refractivity contribution is -0.259. The van der Waals surface area contributed by atoms with Gasteiger partial charge in [0, 0.05) is 31.1 Å². The molecular weight excluding hydrogens is 579 g/mol. The average Bonchev–Trinajstić information content (AvgIpc) is 3.19. The number of aliphatic hydroxyl groups is 1. The predicted octanol–water partition coefficient (Wildman–Crippen LogP) is 4.74. The first-order valence-electron chi connectivity index (χ1n) is 14.0. The van der Waals surface area contributed by atoms with Crippen LogP contribution >= 0.6 is 0 Å². The summed E-state index contributed by atoms with van der Waals surface area (Å²) >= 11 is 0. The minimum atomic E-state index is -6.54. The Morgan fingerprint density at radius 1 is 1.10 bits per heavy atom. The van der Waals surface area contributed by atoms with E-state index in [-0.39, 0.29) is 59.4 Å². The molecule has 0 spiro atoms. The van der Waals surface area contributed by atoms with E-state index >= 15 is 0 Å². The van der Waals surface area contributed by atoms with Gasteiger partial charge in [0.1, 0.15) is 11.6 Å². The summed E-state index contributed by atoms with van der Waals surface area (Å²) < 4.78 is 101. The number of carbonyl (C=O) groups is 3. The van der Waals surface area contributed by atoms with Crippen LogP contribution in [0.15, 0.2) is 0 Å². The predicted molar refractivity (Wildman–Crippen MR) is 133 cm³/mol. The molecule has 14 heteroatoms. The number of halogens is 5. The molecular formula is C27H37F5O8S. The van der Waals surface area contributed by atoms with Crippen LogP contribution in [0.4, 0.5) is 22.0 Å². The molecule has 4 aliphatic carbocycles. The molecule has 10 atom stereocenters. The van der Waals surface area contributed by atoms with Gasteiger partial charge in [-0.15, -0.1) is 0 Å². The number of hydrogen-bond donors (Lipinski definition) is 2. The molecule has 0 heterocycles. The molecule has 0 amide bonds. The van der Waals surface area contributed by atoms with Crippen LogP contribution in [0.5, 0.6) is 0 Å². The Hall–Kier alpha value is -1.67. The smallest absolute Gasteiger partial charge is 0.432 e. The highest BCUT2D eigenvalue weighted by Gasteiger charge is 2.67. The summed E-state index contributed by atoms with van der Waals surface area (Å²) in [6.45, 7) is 5.66. The van der Waals surface area contributed by atoms with Crippen molar-refractivity contribution in [2.24, 2.45) is 46.3 Å². The summed E-state index contributed by atoms with van der Waals surface area (Å²) in [5.74, 6) is -2.65. The lowest BCUT2D eigenvalue weighted by Crippen LogP contribution is -2.61. The molecule has 0 aromatic heterocycles. The minimum Gasteiger partial charge on any atom is -0.445 e. The van der Waals surface area contributed by atoms with Crippen molar-refractivity contribution in [1.29, 1.82) is 0 Å². The largest absolute Gasteiger partial charge is 0.445 e. The van der Waals surface area contributed by atoms with Crippen LogP contribution in [0, 0.1) is 46.3 Å². The monoisotopic (exact) mass is 616 g/mol. The quantitative estimate of drug-likeness (QED) is 0.238. The topological polar surface area (TPSA) is 135 Å². The number of alkyl halides is 5. The van der Waals surface area contributed by atoms with E-state index in [1.807, 2.05) is 6.92 Å². The van der Waals surface area contributed by atoms with Gasteiger partial charge in [0.25, 0.3) is 6.10 Å². The highest BCUT2D eigenvalue weighted by Crippen LogP contribution is 2.67. The SMILES string of the molecule is CC(CCC(=O)OC(C(F)(F)F)C(F)(F)S(=O)(=O)O)[C@H]1CC[C@H]2[C@@H]3[C@H](O)C[C@@H]4CC(=O)CC[C@]4(C)[C@H]3CC(=O)[C@]12C. The van der Waals surface area contributed by atoms with Crippen LogP contribution in [0.3, 0.4) is 0 Å². The Kier molecular flexibility index (Phi) is 8.26. The number of fused-ring (bicyclic) bond motifs is 5. The van der Waals surface area contributed by atoms with Crippen molar-refractivity contribution in [1.82, 2.24) is 0 Å². The van der Waals surface area contributed by atoms with Crippen LogP contribution < -0.4 is 0 Å². The fourth-order valence-corrected chi connectivity index (χ4v) is 9.32. The highest BCUT2D eigenvalue weighted by molar-refractivity contribution is 7.86. The van der Waals surface area contributed by atoms with Crippen LogP contribution in [0.25, 0.3) is 0 Å². The van der Waals surface area contributed by atoms with E-state index in [0.717, 1.165) is 0 Å². The molecule has 0 aromatic carbocycles. The number of hydrogen-bond acceptors (Lipinski definition) is 7. The zero-order valence-corrected chi connectivity index (χ0v) is 23.9. The first-order valence-corrected chi connectivity index (χ1v) is 15.4. The van der Waals surface area contributed by atoms with Gasteiger partial charge in [-0.25, -0.2) is 0 Å². The number of ketones is 2. The van der Waals surface area contributed by atoms with Gasteiger partial charge in [-0.1, -0.05) is 20.8 Å². The summed E-state index contributed by atoms with van der Waals surface area (Å²) in [6, 6.07) is 0. The second-order valence-electron chi connectivity index (χ2n) is 13.1. The van der Waals surface area contributed by atoms with Gasteiger partial charge >= 0.3 is 27.5 Å². The zero-order chi connectivity index (χ0) is 30.9. The highest BCUT2D eigenvalue weighted by atomic mass is 32.2. The van der Waals surface area contributed by atoms with Crippen molar-refractivity contribution in [3.05, 3.63) is 0 Å². The van der Waals surface area contributed by atoms with Crippen LogP contribution in [0.2, 0.25) is 0 Å². The maximum absolute atomic E-state index is 13.8. The molecule has 8 nitrogen and oxygen atoms in total. The van der Waals surface area contributed by atoms with Crippen molar-refractivity contribution < 1.29 is 59.1 Å². The summed E-state index contributed by atoms with van der Waals surface area (Å²) in [5, 5.41) is 5.47. The Morgan fingerprint density at radius 2 is 1.73 bits per heavy atom. The third kappa shape index (κ3) is 5.34. The van der Waals surface area contributed by atoms with Gasteiger partial charge in [-0.3, -0.25) is 18.9 Å². The molecule has 2 unspecified atom stereocenters. The number of Topliss-reactive ketones (excluding diaryl/α,β-unsaturated/α-hetero) is 2. The fourth-order valence-electron chi connectivity index (χ4n) is 8.87.